The number of hydrogen-bond donors (Lipinski definition) is 2. The van der Waals surface area contributed by atoms with Crippen molar-refractivity contribution < 1.29 is 24.2 Å². The Balaban J connectivity index is 1.61. The van der Waals surface area contributed by atoms with E-state index in [2.05, 4.69) is 10.3 Å². The summed E-state index contributed by atoms with van der Waals surface area (Å²) in [6.45, 7) is 4.38. The lowest BCUT2D eigenvalue weighted by molar-refractivity contribution is 0.0351. The second kappa shape index (κ2) is 12.5. The molecule has 1 aliphatic carbocycles. The number of amides is 3. The Morgan fingerprint density at radius 3 is 2.74 bits per heavy atom. The number of hydrogen-bond acceptors (Lipinski definition) is 6. The molecule has 2 aromatic rings. The Morgan fingerprint density at radius 1 is 1.26 bits per heavy atom. The van der Waals surface area contributed by atoms with E-state index in [4.69, 9.17) is 9.47 Å². The first kappa shape index (κ1) is 27.7. The van der Waals surface area contributed by atoms with Gasteiger partial charge in [0.25, 0.3) is 5.91 Å². The summed E-state index contributed by atoms with van der Waals surface area (Å²) in [6.07, 6.45) is 6.83. The zero-order valence-corrected chi connectivity index (χ0v) is 22.9. The van der Waals surface area contributed by atoms with Gasteiger partial charge in [0.05, 0.1) is 26.3 Å². The minimum Gasteiger partial charge on any atom is -0.497 e. The number of nitrogens with zero attached hydrogens (tertiary/aromatic N) is 3. The Kier molecular flexibility index (Phi) is 9.09. The van der Waals surface area contributed by atoms with Gasteiger partial charge in [-0.3, -0.25) is 4.79 Å². The van der Waals surface area contributed by atoms with Gasteiger partial charge in [0.15, 0.2) is 0 Å². The third-order valence-corrected chi connectivity index (χ3v) is 7.66. The molecule has 0 bridgehead atoms. The highest BCUT2D eigenvalue weighted by atomic mass is 16.5. The number of rotatable bonds is 7. The summed E-state index contributed by atoms with van der Waals surface area (Å²) >= 11 is 0. The zero-order valence-electron chi connectivity index (χ0n) is 22.9. The van der Waals surface area contributed by atoms with Crippen molar-refractivity contribution in [3.05, 3.63) is 42.1 Å². The normalized spacial score (nSPS) is 21.0. The molecule has 0 unspecified atom stereocenters. The van der Waals surface area contributed by atoms with Crippen LogP contribution >= 0.6 is 0 Å². The summed E-state index contributed by atoms with van der Waals surface area (Å²) in [5, 5.41) is 13.1. The first-order valence-electron chi connectivity index (χ1n) is 13.5. The highest BCUT2D eigenvalue weighted by molar-refractivity contribution is 5.98. The van der Waals surface area contributed by atoms with Crippen LogP contribution in [0, 0.1) is 5.92 Å². The van der Waals surface area contributed by atoms with Gasteiger partial charge < -0.3 is 29.7 Å². The Labute approximate surface area is 225 Å². The van der Waals surface area contributed by atoms with Crippen molar-refractivity contribution >= 4 is 11.9 Å². The predicted molar refractivity (Wildman–Crippen MR) is 145 cm³/mol. The molecule has 1 aromatic carbocycles. The summed E-state index contributed by atoms with van der Waals surface area (Å²) in [4.78, 5) is 34.5. The van der Waals surface area contributed by atoms with Crippen LogP contribution in [-0.2, 0) is 0 Å². The maximum absolute atomic E-state index is 13.7. The second-order valence-corrected chi connectivity index (χ2v) is 10.6. The third kappa shape index (κ3) is 6.38. The number of urea groups is 1. The lowest BCUT2D eigenvalue weighted by atomic mass is 9.96. The van der Waals surface area contributed by atoms with Crippen molar-refractivity contribution in [2.24, 2.45) is 5.92 Å². The lowest BCUT2D eigenvalue weighted by Crippen LogP contribution is -2.52. The van der Waals surface area contributed by atoms with Gasteiger partial charge >= 0.3 is 6.03 Å². The van der Waals surface area contributed by atoms with E-state index in [9.17, 15) is 14.7 Å². The van der Waals surface area contributed by atoms with Crippen LogP contribution < -0.4 is 14.8 Å². The quantitative estimate of drug-likeness (QED) is 0.568. The topological polar surface area (TPSA) is 104 Å². The van der Waals surface area contributed by atoms with Gasteiger partial charge in [0.2, 0.25) is 5.88 Å². The lowest BCUT2D eigenvalue weighted by Gasteiger charge is -2.38. The van der Waals surface area contributed by atoms with Gasteiger partial charge in [0, 0.05) is 37.3 Å². The Morgan fingerprint density at radius 2 is 2.03 bits per heavy atom. The van der Waals surface area contributed by atoms with Crippen molar-refractivity contribution in [2.75, 3.05) is 33.9 Å². The van der Waals surface area contributed by atoms with Gasteiger partial charge in [-0.15, -0.1) is 0 Å². The molecule has 1 aliphatic heterocycles. The molecule has 9 heteroatoms. The minimum absolute atomic E-state index is 0.106. The number of aromatic nitrogens is 1. The number of likely N-dealkylation sites (N-methyl/N-ethyl adjacent to an activating group) is 1. The molecule has 9 nitrogen and oxygen atoms in total. The number of methoxy groups -OCH3 is 1. The maximum Gasteiger partial charge on any atom is 0.317 e. The fraction of sp³-hybridized carbons (Fsp3) is 0.552. The first-order valence-corrected chi connectivity index (χ1v) is 13.5. The number of aliphatic hydroxyl groups excluding tert-OH is 1. The van der Waals surface area contributed by atoms with Gasteiger partial charge in [0.1, 0.15) is 17.4 Å². The molecular weight excluding hydrogens is 484 g/mol. The Hall–Kier alpha value is -3.33. The molecule has 2 heterocycles. The molecule has 0 saturated heterocycles. The van der Waals surface area contributed by atoms with Crippen LogP contribution in [0.5, 0.6) is 11.6 Å². The van der Waals surface area contributed by atoms with E-state index in [1.165, 1.54) is 6.42 Å². The summed E-state index contributed by atoms with van der Waals surface area (Å²) in [7, 11) is 3.38. The van der Waals surface area contributed by atoms with Gasteiger partial charge in [-0.2, -0.15) is 0 Å². The molecule has 0 spiro atoms. The molecule has 3 amide bonds. The number of ether oxygens (including phenoxy) is 2. The molecule has 2 N–H and O–H groups in total. The molecule has 1 saturated carbocycles. The van der Waals surface area contributed by atoms with Crippen LogP contribution in [0.1, 0.15) is 56.3 Å². The maximum atomic E-state index is 13.7. The standard InChI is InChI=1S/C29H40N4O5/c1-19-16-33(20(2)18-34)28(35)25-14-22(21-9-8-12-24(13-21)37-4)15-30-27(25)38-26(19)17-32(3)29(36)31-23-10-6-5-7-11-23/h8-9,12-15,19-20,23,26,34H,5-7,10-11,16-18H2,1-4H3,(H,31,36)/t19-,20+,26-/m0/s1. The summed E-state index contributed by atoms with van der Waals surface area (Å²) in [5.74, 6) is 0.587. The van der Waals surface area contributed by atoms with Crippen LogP contribution in [0.3, 0.4) is 0 Å². The number of aliphatic hydroxyl groups is 1. The number of nitrogens with one attached hydrogen (secondary N) is 1. The zero-order chi connectivity index (χ0) is 27.2. The fourth-order valence-electron chi connectivity index (χ4n) is 5.17. The summed E-state index contributed by atoms with van der Waals surface area (Å²) in [5.41, 5.74) is 1.95. The van der Waals surface area contributed by atoms with Crippen molar-refractivity contribution in [2.45, 2.75) is 64.1 Å². The van der Waals surface area contributed by atoms with Crippen LogP contribution in [0.25, 0.3) is 11.1 Å². The van der Waals surface area contributed by atoms with Crippen LogP contribution in [0.4, 0.5) is 4.79 Å². The number of benzene rings is 1. The molecule has 3 atom stereocenters. The van der Waals surface area contributed by atoms with E-state index < -0.39 is 6.10 Å². The van der Waals surface area contributed by atoms with Crippen LogP contribution in [0.15, 0.2) is 36.5 Å². The van der Waals surface area contributed by atoms with Crippen LogP contribution in [-0.4, -0.2) is 83.9 Å². The summed E-state index contributed by atoms with van der Waals surface area (Å²) in [6, 6.07) is 9.05. The highest BCUT2D eigenvalue weighted by Crippen LogP contribution is 2.31. The van der Waals surface area contributed by atoms with Gasteiger partial charge in [-0.05, 0) is 43.5 Å². The molecular formula is C29H40N4O5. The molecule has 1 aromatic heterocycles. The second-order valence-electron chi connectivity index (χ2n) is 10.6. The van der Waals surface area contributed by atoms with E-state index in [0.717, 1.165) is 36.8 Å². The van der Waals surface area contributed by atoms with Crippen molar-refractivity contribution in [3.63, 3.8) is 0 Å². The number of carbonyl (C=O) groups is 2. The largest absolute Gasteiger partial charge is 0.497 e. The number of pyridine rings is 1. The minimum atomic E-state index is -0.396. The first-order chi connectivity index (χ1) is 18.3. The summed E-state index contributed by atoms with van der Waals surface area (Å²) < 4.78 is 11.7. The molecule has 4 rings (SSSR count). The van der Waals surface area contributed by atoms with E-state index >= 15 is 0 Å². The van der Waals surface area contributed by atoms with E-state index in [1.54, 1.807) is 36.2 Å². The van der Waals surface area contributed by atoms with E-state index in [1.807, 2.05) is 38.1 Å². The van der Waals surface area contributed by atoms with E-state index in [-0.39, 0.29) is 42.4 Å². The predicted octanol–water partition coefficient (Wildman–Crippen LogP) is 3.95. The Bertz CT molecular complexity index is 1120. The average molecular weight is 525 g/mol. The third-order valence-electron chi connectivity index (χ3n) is 7.66. The molecule has 206 valence electrons. The molecule has 1 fully saturated rings. The fourth-order valence-corrected chi connectivity index (χ4v) is 5.17. The highest BCUT2D eigenvalue weighted by Gasteiger charge is 2.35. The smallest absolute Gasteiger partial charge is 0.317 e. The molecule has 38 heavy (non-hydrogen) atoms. The monoisotopic (exact) mass is 524 g/mol. The molecule has 0 radical (unpaired) electrons. The van der Waals surface area contributed by atoms with Crippen LogP contribution in [0.2, 0.25) is 0 Å². The van der Waals surface area contributed by atoms with Crippen molar-refractivity contribution in [3.8, 4) is 22.8 Å². The van der Waals surface area contributed by atoms with Gasteiger partial charge in [-0.1, -0.05) is 38.3 Å². The number of carbonyl (C=O) groups excluding carboxylic acids is 2. The SMILES string of the molecule is COc1cccc(-c2cnc3c(c2)C(=O)N([C@H](C)CO)C[C@H](C)[C@H](CN(C)C(=O)NC2CCCCC2)O3)c1. The average Bonchev–Trinajstić information content (AvgIpc) is 2.94. The van der Waals surface area contributed by atoms with Crippen molar-refractivity contribution in [1.82, 2.24) is 20.1 Å². The van der Waals surface area contributed by atoms with Crippen molar-refractivity contribution in [1.29, 1.82) is 0 Å². The van der Waals surface area contributed by atoms with Gasteiger partial charge in [-0.25, -0.2) is 9.78 Å². The van der Waals surface area contributed by atoms with E-state index in [0.29, 0.717) is 24.4 Å². The molecule has 2 aliphatic rings. The number of fused-ring (bicyclic) bond motifs is 1.